The summed E-state index contributed by atoms with van der Waals surface area (Å²) in [5, 5.41) is 10.6. The molecular weight excluding hydrogens is 316 g/mol. The van der Waals surface area contributed by atoms with E-state index in [4.69, 9.17) is 22.6 Å². The third-order valence-corrected chi connectivity index (χ3v) is 3.83. The van der Waals surface area contributed by atoms with E-state index in [0.29, 0.717) is 23.5 Å². The van der Waals surface area contributed by atoms with Gasteiger partial charge >= 0.3 is 0 Å². The van der Waals surface area contributed by atoms with Crippen LogP contribution in [0.1, 0.15) is 56.3 Å². The van der Waals surface area contributed by atoms with E-state index in [0.717, 1.165) is 17.5 Å². The van der Waals surface area contributed by atoms with Crippen LogP contribution in [0.4, 0.5) is 5.69 Å². The van der Waals surface area contributed by atoms with E-state index in [2.05, 4.69) is 10.3 Å². The minimum atomic E-state index is -0.631. The molecule has 1 heterocycles. The number of nitrogen functional groups attached to an aromatic ring is 1. The van der Waals surface area contributed by atoms with Crippen LogP contribution >= 0.6 is 0 Å². The molecule has 1 unspecified atom stereocenters. The number of carbonyl (C=O) groups is 1. The minimum absolute atomic E-state index is 0.159. The van der Waals surface area contributed by atoms with Gasteiger partial charge in [0.25, 0.3) is 5.91 Å². The molecule has 2 rings (SSSR count). The number of carbonyl (C=O) groups excluding carboxylic acids is 1. The van der Waals surface area contributed by atoms with Gasteiger partial charge in [-0.05, 0) is 30.5 Å². The summed E-state index contributed by atoms with van der Waals surface area (Å²) in [7, 11) is 0. The molecule has 0 saturated heterocycles. The predicted molar refractivity (Wildman–Crippen MR) is 103 cm³/mol. The van der Waals surface area contributed by atoms with Gasteiger partial charge in [0.05, 0.1) is 5.70 Å². The topological polar surface area (TPSA) is 143 Å². The molecule has 0 fully saturated rings. The fourth-order valence-corrected chi connectivity index (χ4v) is 2.68. The van der Waals surface area contributed by atoms with Crippen LogP contribution in [-0.2, 0) is 4.79 Å². The SMILES string of the molecule is CC.CCCC1=NC(c2c(C)ccc(N)c2C=N)C(N)=C(C(N)=O)N1. The molecule has 0 aliphatic carbocycles. The summed E-state index contributed by atoms with van der Waals surface area (Å²) < 4.78 is 0. The number of benzene rings is 1. The van der Waals surface area contributed by atoms with Crippen molar-refractivity contribution in [3.05, 3.63) is 40.2 Å². The highest BCUT2D eigenvalue weighted by atomic mass is 16.1. The van der Waals surface area contributed by atoms with Crippen molar-refractivity contribution < 1.29 is 4.79 Å². The number of rotatable bonds is 5. The van der Waals surface area contributed by atoms with Gasteiger partial charge in [-0.1, -0.05) is 26.8 Å². The van der Waals surface area contributed by atoms with E-state index in [1.54, 1.807) is 6.07 Å². The van der Waals surface area contributed by atoms with Gasteiger partial charge in [-0.15, -0.1) is 0 Å². The first-order valence-electron chi connectivity index (χ1n) is 8.43. The summed E-state index contributed by atoms with van der Waals surface area (Å²) >= 11 is 0. The Bertz CT molecular complexity index is 721. The first kappa shape index (κ1) is 20.2. The minimum Gasteiger partial charge on any atom is -0.398 e. The van der Waals surface area contributed by atoms with E-state index in [1.807, 2.05) is 33.8 Å². The number of primary amides is 1. The number of hydrogen-bond acceptors (Lipinski definition) is 6. The molecule has 0 bridgehead atoms. The highest BCUT2D eigenvalue weighted by Crippen LogP contribution is 2.34. The number of anilines is 1. The molecule has 1 aliphatic rings. The van der Waals surface area contributed by atoms with Gasteiger partial charge in [0.1, 0.15) is 17.6 Å². The molecule has 0 radical (unpaired) electrons. The summed E-state index contributed by atoms with van der Waals surface area (Å²) in [4.78, 5) is 16.3. The van der Waals surface area contributed by atoms with Crippen molar-refractivity contribution in [2.45, 2.75) is 46.6 Å². The molecule has 136 valence electrons. The van der Waals surface area contributed by atoms with Crippen molar-refractivity contribution in [1.82, 2.24) is 5.32 Å². The highest BCUT2D eigenvalue weighted by Gasteiger charge is 2.29. The van der Waals surface area contributed by atoms with E-state index >= 15 is 0 Å². The Morgan fingerprint density at radius 1 is 1.36 bits per heavy atom. The second-order valence-corrected chi connectivity index (χ2v) is 5.49. The molecule has 25 heavy (non-hydrogen) atoms. The monoisotopic (exact) mass is 344 g/mol. The van der Waals surface area contributed by atoms with Gasteiger partial charge in [-0.2, -0.15) is 0 Å². The van der Waals surface area contributed by atoms with Crippen molar-refractivity contribution in [2.24, 2.45) is 16.5 Å². The zero-order chi connectivity index (χ0) is 19.1. The standard InChI is InChI=1S/C16H22N6O.C2H6/c1-3-4-11-21-14(13(19)15(22-11)16(20)23)12-8(2)5-6-10(18)9(12)7-17;1-2/h5-7,14,17H,3-4,18-19H2,1-2H3,(H2,20,23)(H,21,22);1-2H3. The van der Waals surface area contributed by atoms with Crippen LogP contribution in [-0.4, -0.2) is 18.0 Å². The lowest BCUT2D eigenvalue weighted by Crippen LogP contribution is -2.39. The van der Waals surface area contributed by atoms with Crippen molar-refractivity contribution in [3.63, 3.8) is 0 Å². The smallest absolute Gasteiger partial charge is 0.267 e. The third kappa shape index (κ3) is 4.17. The average Bonchev–Trinajstić information content (AvgIpc) is 2.60. The molecule has 0 aromatic heterocycles. The predicted octanol–water partition coefficient (Wildman–Crippen LogP) is 2.10. The maximum atomic E-state index is 11.7. The number of hydrogen-bond donors (Lipinski definition) is 5. The van der Waals surface area contributed by atoms with Gasteiger partial charge in [0.2, 0.25) is 0 Å². The van der Waals surface area contributed by atoms with Crippen molar-refractivity contribution in [1.29, 1.82) is 5.41 Å². The van der Waals surface area contributed by atoms with Crippen molar-refractivity contribution in [2.75, 3.05) is 5.73 Å². The zero-order valence-corrected chi connectivity index (χ0v) is 15.3. The van der Waals surface area contributed by atoms with Crippen LogP contribution in [0.15, 0.2) is 28.5 Å². The number of nitrogens with one attached hydrogen (secondary N) is 2. The first-order chi connectivity index (χ1) is 11.9. The Morgan fingerprint density at radius 3 is 2.52 bits per heavy atom. The fraction of sp³-hybridized carbons (Fsp3) is 0.389. The molecule has 1 aliphatic heterocycles. The van der Waals surface area contributed by atoms with Gasteiger partial charge in [0.15, 0.2) is 0 Å². The Labute approximate surface area is 148 Å². The van der Waals surface area contributed by atoms with Gasteiger partial charge in [0, 0.05) is 23.9 Å². The van der Waals surface area contributed by atoms with Crippen LogP contribution in [0.3, 0.4) is 0 Å². The van der Waals surface area contributed by atoms with Crippen LogP contribution in [0.25, 0.3) is 0 Å². The molecule has 0 spiro atoms. The summed E-state index contributed by atoms with van der Waals surface area (Å²) in [5.41, 5.74) is 20.6. The van der Waals surface area contributed by atoms with E-state index < -0.39 is 11.9 Å². The van der Waals surface area contributed by atoms with Gasteiger partial charge < -0.3 is 27.9 Å². The van der Waals surface area contributed by atoms with Crippen molar-refractivity contribution >= 4 is 23.6 Å². The molecule has 7 nitrogen and oxygen atoms in total. The fourth-order valence-electron chi connectivity index (χ4n) is 2.68. The van der Waals surface area contributed by atoms with E-state index in [-0.39, 0.29) is 11.4 Å². The van der Waals surface area contributed by atoms with Crippen molar-refractivity contribution in [3.8, 4) is 0 Å². The van der Waals surface area contributed by atoms with Crippen LogP contribution in [0.5, 0.6) is 0 Å². The second-order valence-electron chi connectivity index (χ2n) is 5.49. The lowest BCUT2D eigenvalue weighted by molar-refractivity contribution is -0.114. The van der Waals surface area contributed by atoms with Gasteiger partial charge in [-0.25, -0.2) is 0 Å². The Balaban J connectivity index is 0.00000151. The summed E-state index contributed by atoms with van der Waals surface area (Å²) in [6, 6.07) is 3.01. The normalized spacial score (nSPS) is 16.3. The number of amidine groups is 1. The maximum absolute atomic E-state index is 11.7. The van der Waals surface area contributed by atoms with Crippen LogP contribution in [0, 0.1) is 12.3 Å². The average molecular weight is 344 g/mol. The molecule has 8 N–H and O–H groups in total. The molecular formula is C18H28N6O. The largest absolute Gasteiger partial charge is 0.398 e. The zero-order valence-electron chi connectivity index (χ0n) is 15.3. The molecule has 7 heteroatoms. The Morgan fingerprint density at radius 2 is 2.00 bits per heavy atom. The van der Waals surface area contributed by atoms with E-state index in [1.165, 1.54) is 6.21 Å². The third-order valence-electron chi connectivity index (χ3n) is 3.83. The maximum Gasteiger partial charge on any atom is 0.267 e. The summed E-state index contributed by atoms with van der Waals surface area (Å²) in [6.07, 6.45) is 2.71. The second kappa shape index (κ2) is 8.86. The molecule has 0 saturated carbocycles. The lowest BCUT2D eigenvalue weighted by Gasteiger charge is -2.27. The highest BCUT2D eigenvalue weighted by molar-refractivity contribution is 6.00. The van der Waals surface area contributed by atoms with E-state index in [9.17, 15) is 4.79 Å². The molecule has 1 amide bonds. The number of nitrogens with two attached hydrogens (primary N) is 3. The molecule has 1 atom stereocenters. The summed E-state index contributed by atoms with van der Waals surface area (Å²) in [5.74, 6) is 0.0206. The number of nitrogens with zero attached hydrogens (tertiary/aromatic N) is 1. The van der Waals surface area contributed by atoms with Crippen LogP contribution in [0.2, 0.25) is 0 Å². The number of aliphatic imine (C=N–C) groups is 1. The Hall–Kier alpha value is -2.83. The molecule has 1 aromatic carbocycles. The number of aryl methyl sites for hydroxylation is 1. The quantitative estimate of drug-likeness (QED) is 0.411. The lowest BCUT2D eigenvalue weighted by atomic mass is 9.91. The Kier molecular flexibility index (Phi) is 7.17. The number of amides is 1. The van der Waals surface area contributed by atoms with Gasteiger partial charge in [-0.3, -0.25) is 9.79 Å². The molecule has 1 aromatic rings. The summed E-state index contributed by atoms with van der Waals surface area (Å²) in [6.45, 7) is 7.91. The van der Waals surface area contributed by atoms with Crippen LogP contribution < -0.4 is 22.5 Å². The first-order valence-corrected chi connectivity index (χ1v) is 8.43.